The molecule has 0 aliphatic carbocycles. The van der Waals surface area contributed by atoms with Gasteiger partial charge in [0, 0.05) is 11.6 Å². The summed E-state index contributed by atoms with van der Waals surface area (Å²) in [6, 6.07) is 12.1. The van der Waals surface area contributed by atoms with Gasteiger partial charge < -0.3 is 18.9 Å². The van der Waals surface area contributed by atoms with Gasteiger partial charge in [-0.25, -0.2) is 4.79 Å². The number of methoxy groups -OCH3 is 1. The van der Waals surface area contributed by atoms with Gasteiger partial charge in [0.15, 0.2) is 12.4 Å². The fraction of sp³-hybridized carbons (Fsp3) is 0.143. The van der Waals surface area contributed by atoms with Crippen LogP contribution in [0.2, 0.25) is 0 Å². The van der Waals surface area contributed by atoms with Gasteiger partial charge in [0.1, 0.15) is 23.9 Å². The second-order valence-corrected chi connectivity index (χ2v) is 5.60. The molecular weight excluding hydrogens is 348 g/mol. The van der Waals surface area contributed by atoms with Crippen molar-refractivity contribution in [1.29, 1.82) is 0 Å². The molecular formula is C21H18O6. The summed E-state index contributed by atoms with van der Waals surface area (Å²) in [7, 11) is 1.56. The molecule has 6 heteroatoms. The molecule has 1 heterocycles. The standard InChI is InChI=1S/C21H18O6/c1-3-10-25-20(22)13-26-15-8-9-16-18(12-15)27-19(21(16)23)11-14-6-4-5-7-17(14)24-2/h3-9,11-12H,1,10,13H2,2H3/b19-11-. The lowest BCUT2D eigenvalue weighted by molar-refractivity contribution is -0.144. The van der Waals surface area contributed by atoms with Crippen LogP contribution in [0.15, 0.2) is 60.9 Å². The molecule has 0 atom stereocenters. The Kier molecular flexibility index (Phi) is 5.56. The molecule has 0 N–H and O–H groups in total. The highest BCUT2D eigenvalue weighted by Crippen LogP contribution is 2.35. The van der Waals surface area contributed by atoms with E-state index in [2.05, 4.69) is 6.58 Å². The van der Waals surface area contributed by atoms with Crippen molar-refractivity contribution in [1.82, 2.24) is 0 Å². The predicted octanol–water partition coefficient (Wildman–Crippen LogP) is 3.42. The Labute approximate surface area is 156 Å². The fourth-order valence-electron chi connectivity index (χ4n) is 2.52. The van der Waals surface area contributed by atoms with Gasteiger partial charge in [0.25, 0.3) is 0 Å². The zero-order valence-electron chi connectivity index (χ0n) is 14.8. The van der Waals surface area contributed by atoms with Gasteiger partial charge in [-0.2, -0.15) is 0 Å². The quantitative estimate of drug-likeness (QED) is 0.425. The molecule has 2 aromatic carbocycles. The first-order valence-electron chi connectivity index (χ1n) is 8.23. The van der Waals surface area contributed by atoms with Crippen molar-refractivity contribution in [2.75, 3.05) is 20.3 Å². The van der Waals surface area contributed by atoms with Crippen molar-refractivity contribution in [2.45, 2.75) is 0 Å². The van der Waals surface area contributed by atoms with Crippen LogP contribution in [0.5, 0.6) is 17.2 Å². The van der Waals surface area contributed by atoms with Crippen molar-refractivity contribution in [3.8, 4) is 17.2 Å². The molecule has 6 nitrogen and oxygen atoms in total. The fourth-order valence-corrected chi connectivity index (χ4v) is 2.52. The SMILES string of the molecule is C=CCOC(=O)COc1ccc2c(c1)O/C(=C\c1ccccc1OC)C2=O. The highest BCUT2D eigenvalue weighted by Gasteiger charge is 2.28. The average molecular weight is 366 g/mol. The molecule has 2 aromatic rings. The van der Waals surface area contributed by atoms with Gasteiger partial charge in [-0.3, -0.25) is 4.79 Å². The predicted molar refractivity (Wildman–Crippen MR) is 99.0 cm³/mol. The molecule has 0 saturated carbocycles. The molecule has 0 radical (unpaired) electrons. The van der Waals surface area contributed by atoms with Crippen LogP contribution >= 0.6 is 0 Å². The zero-order valence-corrected chi connectivity index (χ0v) is 14.8. The highest BCUT2D eigenvalue weighted by molar-refractivity contribution is 6.14. The Balaban J connectivity index is 1.74. The number of Topliss-reactive ketones (excluding diaryl/α,β-unsaturated/α-hetero) is 1. The van der Waals surface area contributed by atoms with Crippen LogP contribution in [0.3, 0.4) is 0 Å². The van der Waals surface area contributed by atoms with E-state index < -0.39 is 5.97 Å². The van der Waals surface area contributed by atoms with Gasteiger partial charge >= 0.3 is 5.97 Å². The van der Waals surface area contributed by atoms with Crippen LogP contribution in [-0.4, -0.2) is 32.1 Å². The summed E-state index contributed by atoms with van der Waals surface area (Å²) in [4.78, 5) is 24.0. The van der Waals surface area contributed by atoms with Gasteiger partial charge in [0.05, 0.1) is 12.7 Å². The molecule has 0 aromatic heterocycles. The number of ketones is 1. The Bertz CT molecular complexity index is 913. The Morgan fingerprint density at radius 2 is 2.04 bits per heavy atom. The monoisotopic (exact) mass is 366 g/mol. The van der Waals surface area contributed by atoms with Crippen LogP contribution in [0, 0.1) is 0 Å². The molecule has 0 unspecified atom stereocenters. The third kappa shape index (κ3) is 4.17. The highest BCUT2D eigenvalue weighted by atomic mass is 16.6. The van der Waals surface area contributed by atoms with Gasteiger partial charge in [-0.1, -0.05) is 30.9 Å². The Hall–Kier alpha value is -3.54. The summed E-state index contributed by atoms with van der Waals surface area (Å²) in [5, 5.41) is 0. The maximum Gasteiger partial charge on any atom is 0.344 e. The van der Waals surface area contributed by atoms with Gasteiger partial charge in [0.2, 0.25) is 5.78 Å². The van der Waals surface area contributed by atoms with E-state index in [1.807, 2.05) is 18.2 Å². The van der Waals surface area contributed by atoms with Crippen molar-refractivity contribution in [3.63, 3.8) is 0 Å². The summed E-state index contributed by atoms with van der Waals surface area (Å²) in [6.45, 7) is 3.35. The molecule has 27 heavy (non-hydrogen) atoms. The minimum atomic E-state index is -0.510. The van der Waals surface area contributed by atoms with Crippen LogP contribution in [0.4, 0.5) is 0 Å². The molecule has 138 valence electrons. The summed E-state index contributed by atoms with van der Waals surface area (Å²) in [5.74, 6) is 0.863. The van der Waals surface area contributed by atoms with E-state index in [0.29, 0.717) is 22.8 Å². The number of esters is 1. The number of allylic oxidation sites excluding steroid dienone is 1. The number of para-hydroxylation sites is 1. The van der Waals surface area contributed by atoms with E-state index in [0.717, 1.165) is 5.56 Å². The average Bonchev–Trinajstić information content (AvgIpc) is 3.00. The number of ether oxygens (including phenoxy) is 4. The van der Waals surface area contributed by atoms with E-state index in [4.69, 9.17) is 18.9 Å². The first kappa shape index (κ1) is 18.3. The second-order valence-electron chi connectivity index (χ2n) is 5.60. The third-order valence-corrected chi connectivity index (χ3v) is 3.79. The number of fused-ring (bicyclic) bond motifs is 1. The van der Waals surface area contributed by atoms with E-state index in [9.17, 15) is 9.59 Å². The zero-order chi connectivity index (χ0) is 19.2. The number of benzene rings is 2. The first-order chi connectivity index (χ1) is 13.1. The molecule has 1 aliphatic heterocycles. The molecule has 0 spiro atoms. The smallest absolute Gasteiger partial charge is 0.344 e. The summed E-state index contributed by atoms with van der Waals surface area (Å²) >= 11 is 0. The first-order valence-corrected chi connectivity index (χ1v) is 8.23. The minimum Gasteiger partial charge on any atom is -0.496 e. The van der Waals surface area contributed by atoms with Crippen molar-refractivity contribution in [3.05, 3.63) is 72.0 Å². The summed E-state index contributed by atoms with van der Waals surface area (Å²) in [5.41, 5.74) is 1.16. The number of carbonyl (C=O) groups excluding carboxylic acids is 2. The molecule has 0 saturated heterocycles. The van der Waals surface area contributed by atoms with Gasteiger partial charge in [-0.15, -0.1) is 0 Å². The van der Waals surface area contributed by atoms with Crippen LogP contribution in [0.25, 0.3) is 6.08 Å². The minimum absolute atomic E-state index is 0.126. The number of carbonyl (C=O) groups is 2. The van der Waals surface area contributed by atoms with E-state index in [1.165, 1.54) is 6.08 Å². The topological polar surface area (TPSA) is 71.1 Å². The van der Waals surface area contributed by atoms with Crippen LogP contribution < -0.4 is 14.2 Å². The molecule has 0 fully saturated rings. The van der Waals surface area contributed by atoms with Crippen molar-refractivity contribution < 1.29 is 28.5 Å². The van der Waals surface area contributed by atoms with Gasteiger partial charge in [-0.05, 0) is 24.3 Å². The largest absolute Gasteiger partial charge is 0.496 e. The van der Waals surface area contributed by atoms with E-state index in [1.54, 1.807) is 37.5 Å². The maximum absolute atomic E-state index is 12.5. The van der Waals surface area contributed by atoms with Crippen LogP contribution in [0.1, 0.15) is 15.9 Å². The maximum atomic E-state index is 12.5. The molecule has 0 amide bonds. The van der Waals surface area contributed by atoms with Crippen LogP contribution in [-0.2, 0) is 9.53 Å². The lowest BCUT2D eigenvalue weighted by Gasteiger charge is -2.07. The second kappa shape index (κ2) is 8.23. The summed E-state index contributed by atoms with van der Waals surface area (Å²) < 4.78 is 21.2. The molecule has 3 rings (SSSR count). The molecule has 0 bridgehead atoms. The molecule has 1 aliphatic rings. The number of hydrogen-bond acceptors (Lipinski definition) is 6. The van der Waals surface area contributed by atoms with Crippen molar-refractivity contribution >= 4 is 17.8 Å². The summed E-state index contributed by atoms with van der Waals surface area (Å²) in [6.07, 6.45) is 3.11. The number of rotatable bonds is 7. The van der Waals surface area contributed by atoms with E-state index in [-0.39, 0.29) is 24.8 Å². The third-order valence-electron chi connectivity index (χ3n) is 3.79. The normalized spacial score (nSPS) is 13.7. The number of hydrogen-bond donors (Lipinski definition) is 0. The van der Waals surface area contributed by atoms with E-state index >= 15 is 0 Å². The van der Waals surface area contributed by atoms with Crippen molar-refractivity contribution in [2.24, 2.45) is 0 Å². The Morgan fingerprint density at radius 3 is 2.81 bits per heavy atom. The Morgan fingerprint density at radius 1 is 1.22 bits per heavy atom. The lowest BCUT2D eigenvalue weighted by Crippen LogP contribution is -2.14. The lowest BCUT2D eigenvalue weighted by atomic mass is 10.1.